The van der Waals surface area contributed by atoms with E-state index in [1.165, 1.54) is 18.2 Å². The zero-order valence-electron chi connectivity index (χ0n) is 7.60. The van der Waals surface area contributed by atoms with E-state index >= 15 is 0 Å². The number of nitrogens with two attached hydrogens (primary N) is 2. The molecule has 0 aliphatic rings. The maximum atomic E-state index is 11.6. The van der Waals surface area contributed by atoms with Gasteiger partial charge in [-0.05, 0) is 18.2 Å². The summed E-state index contributed by atoms with van der Waals surface area (Å²) in [6.45, 7) is 0. The van der Waals surface area contributed by atoms with Crippen LogP contribution >= 0.6 is 11.6 Å². The molecule has 1 rings (SSSR count). The second-order valence-corrected chi connectivity index (χ2v) is 5.28. The maximum absolute atomic E-state index is 11.6. The van der Waals surface area contributed by atoms with Gasteiger partial charge in [-0.25, -0.2) is 8.42 Å². The van der Waals surface area contributed by atoms with Gasteiger partial charge in [0.05, 0.1) is 9.92 Å². The third kappa shape index (κ3) is 2.84. The summed E-state index contributed by atoms with van der Waals surface area (Å²) in [4.78, 5) is 10.4. The molecule has 1 aromatic rings. The Morgan fingerprint density at radius 2 is 2.00 bits per heavy atom. The highest BCUT2D eigenvalue weighted by Crippen LogP contribution is 2.24. The summed E-state index contributed by atoms with van der Waals surface area (Å²) in [5.41, 5.74) is 10.5. The van der Waals surface area contributed by atoms with Gasteiger partial charge in [0, 0.05) is 5.69 Å². The van der Waals surface area contributed by atoms with Crippen LogP contribution in [-0.2, 0) is 14.6 Å². The van der Waals surface area contributed by atoms with E-state index in [9.17, 15) is 13.2 Å². The van der Waals surface area contributed by atoms with Crippen molar-refractivity contribution in [2.24, 2.45) is 5.73 Å². The van der Waals surface area contributed by atoms with Crippen LogP contribution in [0.2, 0.25) is 5.02 Å². The van der Waals surface area contributed by atoms with Crippen molar-refractivity contribution in [1.29, 1.82) is 0 Å². The average Bonchev–Trinajstić information content (AvgIpc) is 2.06. The number of amides is 1. The minimum absolute atomic E-state index is 0.0189. The van der Waals surface area contributed by atoms with Gasteiger partial charge in [0.25, 0.3) is 0 Å². The molecule has 0 atom stereocenters. The van der Waals surface area contributed by atoms with E-state index in [1.54, 1.807) is 0 Å². The predicted molar refractivity (Wildman–Crippen MR) is 57.1 cm³/mol. The van der Waals surface area contributed by atoms with Crippen LogP contribution in [0.15, 0.2) is 23.1 Å². The molecule has 15 heavy (non-hydrogen) atoms. The molecule has 7 heteroatoms. The summed E-state index contributed by atoms with van der Waals surface area (Å²) >= 11 is 5.68. The van der Waals surface area contributed by atoms with E-state index in [-0.39, 0.29) is 15.6 Å². The van der Waals surface area contributed by atoms with Crippen molar-refractivity contribution in [3.63, 3.8) is 0 Å². The van der Waals surface area contributed by atoms with E-state index in [1.807, 2.05) is 0 Å². The largest absolute Gasteiger partial charge is 0.399 e. The molecule has 1 aromatic carbocycles. The first kappa shape index (κ1) is 11.8. The number of hydrogen-bond acceptors (Lipinski definition) is 4. The van der Waals surface area contributed by atoms with Crippen LogP contribution in [0.4, 0.5) is 5.69 Å². The highest BCUT2D eigenvalue weighted by Gasteiger charge is 2.20. The molecule has 0 fully saturated rings. The number of carbonyl (C=O) groups excluding carboxylic acids is 1. The SMILES string of the molecule is NC(=O)CS(=O)(=O)c1cc(N)ccc1Cl. The Morgan fingerprint density at radius 3 is 2.53 bits per heavy atom. The topological polar surface area (TPSA) is 103 Å². The van der Waals surface area contributed by atoms with Crippen LogP contribution < -0.4 is 11.5 Å². The zero-order chi connectivity index (χ0) is 11.6. The minimum Gasteiger partial charge on any atom is -0.399 e. The van der Waals surface area contributed by atoms with Crippen LogP contribution in [0.5, 0.6) is 0 Å². The molecule has 0 aromatic heterocycles. The van der Waals surface area contributed by atoms with Crippen molar-refractivity contribution < 1.29 is 13.2 Å². The number of nitrogen functional groups attached to an aromatic ring is 1. The van der Waals surface area contributed by atoms with E-state index in [4.69, 9.17) is 23.1 Å². The third-order valence-corrected chi connectivity index (χ3v) is 3.74. The van der Waals surface area contributed by atoms with Gasteiger partial charge in [-0.15, -0.1) is 0 Å². The Labute approximate surface area is 91.9 Å². The van der Waals surface area contributed by atoms with Crippen LogP contribution in [0.1, 0.15) is 0 Å². The van der Waals surface area contributed by atoms with Crippen molar-refractivity contribution in [2.75, 3.05) is 11.5 Å². The average molecular weight is 249 g/mol. The second-order valence-electron chi connectivity index (χ2n) is 2.92. The Balaban J connectivity index is 3.26. The van der Waals surface area contributed by atoms with Gasteiger partial charge >= 0.3 is 0 Å². The first-order valence-electron chi connectivity index (χ1n) is 3.89. The first-order chi connectivity index (χ1) is 6.83. The Morgan fingerprint density at radius 1 is 1.40 bits per heavy atom. The van der Waals surface area contributed by atoms with Crippen molar-refractivity contribution in [1.82, 2.24) is 0 Å². The van der Waals surface area contributed by atoms with E-state index in [2.05, 4.69) is 0 Å². The molecule has 0 radical (unpaired) electrons. The number of hydrogen-bond donors (Lipinski definition) is 2. The molecular weight excluding hydrogens is 240 g/mol. The summed E-state index contributed by atoms with van der Waals surface area (Å²) in [5.74, 6) is -1.72. The van der Waals surface area contributed by atoms with Gasteiger partial charge in [-0.3, -0.25) is 4.79 Å². The maximum Gasteiger partial charge on any atom is 0.233 e. The molecule has 5 nitrogen and oxygen atoms in total. The fourth-order valence-corrected chi connectivity index (χ4v) is 2.70. The molecule has 0 heterocycles. The molecule has 0 aliphatic carbocycles. The van der Waals surface area contributed by atoms with Gasteiger partial charge in [-0.2, -0.15) is 0 Å². The Kier molecular flexibility index (Phi) is 3.21. The van der Waals surface area contributed by atoms with Gasteiger partial charge in [0.2, 0.25) is 5.91 Å². The van der Waals surface area contributed by atoms with Crippen LogP contribution in [0, 0.1) is 0 Å². The fourth-order valence-electron chi connectivity index (χ4n) is 1.02. The summed E-state index contributed by atoms with van der Waals surface area (Å²) in [7, 11) is -3.80. The summed E-state index contributed by atoms with van der Waals surface area (Å²) in [6, 6.07) is 4.01. The number of primary amides is 1. The minimum atomic E-state index is -3.80. The second kappa shape index (κ2) is 4.08. The Hall–Kier alpha value is -1.27. The summed E-state index contributed by atoms with van der Waals surface area (Å²) in [5, 5.41) is 0.0189. The van der Waals surface area contributed by atoms with Gasteiger partial charge < -0.3 is 11.5 Å². The standard InChI is InChI=1S/C8H9ClN2O3S/c9-6-2-1-5(10)3-7(6)15(13,14)4-8(11)12/h1-3H,4,10H2,(H2,11,12). The van der Waals surface area contributed by atoms with Gasteiger partial charge in [0.1, 0.15) is 5.75 Å². The molecule has 0 unspecified atom stereocenters. The number of benzene rings is 1. The zero-order valence-corrected chi connectivity index (χ0v) is 9.18. The molecule has 4 N–H and O–H groups in total. The first-order valence-corrected chi connectivity index (χ1v) is 5.92. The molecule has 0 spiro atoms. The lowest BCUT2D eigenvalue weighted by molar-refractivity contribution is -0.115. The highest BCUT2D eigenvalue weighted by atomic mass is 35.5. The van der Waals surface area contributed by atoms with Gasteiger partial charge in [-0.1, -0.05) is 11.6 Å². The number of anilines is 1. The lowest BCUT2D eigenvalue weighted by atomic mass is 10.3. The van der Waals surface area contributed by atoms with Gasteiger partial charge in [0.15, 0.2) is 9.84 Å². The predicted octanol–water partition coefficient (Wildman–Crippen LogP) is 0.181. The van der Waals surface area contributed by atoms with E-state index in [0.717, 1.165) is 0 Å². The van der Waals surface area contributed by atoms with Crippen molar-refractivity contribution >= 4 is 33.0 Å². The molecule has 1 amide bonds. The molecule has 0 aliphatic heterocycles. The number of halogens is 1. The molecular formula is C8H9ClN2O3S. The number of sulfone groups is 1. The fraction of sp³-hybridized carbons (Fsp3) is 0.125. The monoisotopic (exact) mass is 248 g/mol. The Bertz CT molecular complexity index is 499. The molecule has 82 valence electrons. The van der Waals surface area contributed by atoms with Crippen molar-refractivity contribution in [2.45, 2.75) is 4.90 Å². The number of rotatable bonds is 3. The third-order valence-electron chi connectivity index (χ3n) is 1.62. The lowest BCUT2D eigenvalue weighted by Crippen LogP contribution is -2.23. The molecule has 0 saturated carbocycles. The van der Waals surface area contributed by atoms with Crippen LogP contribution in [0.25, 0.3) is 0 Å². The summed E-state index contributed by atoms with van der Waals surface area (Å²) < 4.78 is 23.1. The lowest BCUT2D eigenvalue weighted by Gasteiger charge is -2.05. The molecule has 0 bridgehead atoms. The smallest absolute Gasteiger partial charge is 0.233 e. The van der Waals surface area contributed by atoms with E-state index < -0.39 is 21.5 Å². The van der Waals surface area contributed by atoms with Crippen molar-refractivity contribution in [3.8, 4) is 0 Å². The quantitative estimate of drug-likeness (QED) is 0.745. The van der Waals surface area contributed by atoms with Crippen LogP contribution in [-0.4, -0.2) is 20.1 Å². The highest BCUT2D eigenvalue weighted by molar-refractivity contribution is 7.92. The summed E-state index contributed by atoms with van der Waals surface area (Å²) in [6.07, 6.45) is 0. The van der Waals surface area contributed by atoms with E-state index in [0.29, 0.717) is 0 Å². The molecule has 0 saturated heterocycles. The van der Waals surface area contributed by atoms with Crippen LogP contribution in [0.3, 0.4) is 0 Å². The van der Waals surface area contributed by atoms with Crippen molar-refractivity contribution in [3.05, 3.63) is 23.2 Å². The normalized spacial score (nSPS) is 11.3. The number of carbonyl (C=O) groups is 1.